The molecule has 4 nitrogen and oxygen atoms in total. The number of aromatic nitrogens is 1. The van der Waals surface area contributed by atoms with Crippen molar-refractivity contribution in [2.75, 3.05) is 7.11 Å². The molecule has 2 aromatic carbocycles. The van der Waals surface area contributed by atoms with E-state index in [0.717, 1.165) is 41.0 Å². The molecule has 0 aliphatic heterocycles. The molecular weight excluding hydrogens is 414 g/mol. The predicted molar refractivity (Wildman–Crippen MR) is 128 cm³/mol. The molecule has 3 aromatic rings. The summed E-state index contributed by atoms with van der Waals surface area (Å²) in [6.45, 7) is 9.49. The Hall–Kier alpha value is -2.37. The number of hydrogen-bond donors (Lipinski definition) is 0. The molecule has 158 valence electrons. The Morgan fingerprint density at radius 2 is 1.93 bits per heavy atom. The van der Waals surface area contributed by atoms with E-state index in [1.807, 2.05) is 36.4 Å². The van der Waals surface area contributed by atoms with E-state index < -0.39 is 0 Å². The number of aryl methyl sites for hydroxylation is 2. The lowest BCUT2D eigenvalue weighted by Crippen LogP contribution is -2.19. The van der Waals surface area contributed by atoms with Crippen LogP contribution in [0.4, 0.5) is 5.69 Å². The minimum Gasteiger partial charge on any atom is -0.496 e. The summed E-state index contributed by atoms with van der Waals surface area (Å²) in [5.41, 5.74) is 4.02. The summed E-state index contributed by atoms with van der Waals surface area (Å²) in [6, 6.07) is 13.6. The van der Waals surface area contributed by atoms with Crippen LogP contribution in [0.5, 0.6) is 5.75 Å². The Labute approximate surface area is 187 Å². The highest BCUT2D eigenvalue weighted by atomic mass is 35.5. The molecule has 0 saturated carbocycles. The largest absolute Gasteiger partial charge is 0.496 e. The average Bonchev–Trinajstić information content (AvgIpc) is 2.98. The number of rotatable bonds is 6. The van der Waals surface area contributed by atoms with Gasteiger partial charge in [0.2, 0.25) is 0 Å². The molecule has 1 heterocycles. The van der Waals surface area contributed by atoms with Crippen molar-refractivity contribution in [3.8, 4) is 5.75 Å². The van der Waals surface area contributed by atoms with E-state index >= 15 is 0 Å². The van der Waals surface area contributed by atoms with Crippen LogP contribution in [0.3, 0.4) is 0 Å². The van der Waals surface area contributed by atoms with Crippen LogP contribution in [0.1, 0.15) is 41.5 Å². The molecule has 0 aliphatic rings. The molecular formula is C24H28ClN3OS. The van der Waals surface area contributed by atoms with Crippen molar-refractivity contribution in [2.24, 2.45) is 9.98 Å². The highest BCUT2D eigenvalue weighted by Gasteiger charge is 2.13. The summed E-state index contributed by atoms with van der Waals surface area (Å²) < 4.78 is 7.89. The highest BCUT2D eigenvalue weighted by Crippen LogP contribution is 2.26. The van der Waals surface area contributed by atoms with Gasteiger partial charge in [-0.25, -0.2) is 9.98 Å². The van der Waals surface area contributed by atoms with E-state index in [1.54, 1.807) is 18.4 Å². The summed E-state index contributed by atoms with van der Waals surface area (Å²) in [5.74, 6) is 1.28. The first-order valence-electron chi connectivity index (χ1n) is 10.1. The predicted octanol–water partition coefficient (Wildman–Crippen LogP) is 6.62. The van der Waals surface area contributed by atoms with Crippen LogP contribution in [0.15, 0.2) is 52.4 Å². The van der Waals surface area contributed by atoms with Gasteiger partial charge < -0.3 is 9.30 Å². The lowest BCUT2D eigenvalue weighted by atomic mass is 10.1. The summed E-state index contributed by atoms with van der Waals surface area (Å²) in [5, 5.41) is 0.621. The SMILES string of the molecule is CCCCn1c(C)c(C)sc1=NC(=Nc1cccc(C)c1)c1cc(Cl)ccc1OC. The van der Waals surface area contributed by atoms with Gasteiger partial charge in [0.25, 0.3) is 0 Å². The van der Waals surface area contributed by atoms with Crippen LogP contribution in [-0.4, -0.2) is 17.5 Å². The summed E-state index contributed by atoms with van der Waals surface area (Å²) in [6.07, 6.45) is 2.24. The normalized spacial score (nSPS) is 12.5. The Morgan fingerprint density at radius 1 is 1.13 bits per heavy atom. The number of amidine groups is 1. The molecule has 3 rings (SSSR count). The minimum atomic E-state index is 0.589. The van der Waals surface area contributed by atoms with Gasteiger partial charge in [0.15, 0.2) is 10.6 Å². The zero-order chi connectivity index (χ0) is 21.7. The number of nitrogens with zero attached hydrogens (tertiary/aromatic N) is 3. The average molecular weight is 442 g/mol. The zero-order valence-corrected chi connectivity index (χ0v) is 19.8. The minimum absolute atomic E-state index is 0.589. The number of benzene rings is 2. The fraction of sp³-hybridized carbons (Fsp3) is 0.333. The lowest BCUT2D eigenvalue weighted by Gasteiger charge is -2.10. The molecule has 0 atom stereocenters. The van der Waals surface area contributed by atoms with Gasteiger partial charge in [-0.2, -0.15) is 0 Å². The molecule has 0 unspecified atom stereocenters. The van der Waals surface area contributed by atoms with Gasteiger partial charge in [0, 0.05) is 22.1 Å². The fourth-order valence-corrected chi connectivity index (χ4v) is 4.35. The third kappa shape index (κ3) is 5.21. The van der Waals surface area contributed by atoms with E-state index in [1.165, 1.54) is 10.6 Å². The summed E-state index contributed by atoms with van der Waals surface area (Å²) in [7, 11) is 1.65. The van der Waals surface area contributed by atoms with Crippen molar-refractivity contribution in [1.82, 2.24) is 4.57 Å². The van der Waals surface area contributed by atoms with E-state index in [2.05, 4.69) is 38.3 Å². The van der Waals surface area contributed by atoms with Crippen molar-refractivity contribution < 1.29 is 4.74 Å². The number of ether oxygens (including phenoxy) is 1. The van der Waals surface area contributed by atoms with Gasteiger partial charge >= 0.3 is 0 Å². The van der Waals surface area contributed by atoms with Gasteiger partial charge in [-0.15, -0.1) is 11.3 Å². The van der Waals surface area contributed by atoms with Gasteiger partial charge in [-0.3, -0.25) is 0 Å². The molecule has 1 aromatic heterocycles. The number of halogens is 1. The molecule has 0 radical (unpaired) electrons. The number of hydrogen-bond acceptors (Lipinski definition) is 3. The van der Waals surface area contributed by atoms with Gasteiger partial charge in [0.1, 0.15) is 5.75 Å². The van der Waals surface area contributed by atoms with Crippen molar-refractivity contribution in [3.05, 3.63) is 74.0 Å². The van der Waals surface area contributed by atoms with E-state index in [4.69, 9.17) is 26.3 Å². The first kappa shape index (κ1) is 22.3. The third-order valence-corrected chi connectivity index (χ3v) is 6.30. The molecule has 0 N–H and O–H groups in total. The van der Waals surface area contributed by atoms with Crippen LogP contribution in [0.2, 0.25) is 5.02 Å². The number of thiazole rings is 1. The maximum atomic E-state index is 6.32. The van der Waals surface area contributed by atoms with Gasteiger partial charge in [-0.05, 0) is 63.1 Å². The molecule has 30 heavy (non-hydrogen) atoms. The van der Waals surface area contributed by atoms with Crippen molar-refractivity contribution in [1.29, 1.82) is 0 Å². The van der Waals surface area contributed by atoms with Gasteiger partial charge in [0.05, 0.1) is 18.4 Å². The van der Waals surface area contributed by atoms with Crippen LogP contribution in [0.25, 0.3) is 0 Å². The molecule has 0 fully saturated rings. The standard InChI is InChI=1S/C24H28ClN3OS/c1-6-7-13-28-17(3)18(4)30-24(28)27-23(26-20-10-8-9-16(2)14-20)21-15-19(25)11-12-22(21)29-5/h8-12,14-15H,6-7,13H2,1-5H3. The monoisotopic (exact) mass is 441 g/mol. The number of aliphatic imine (C=N–C) groups is 1. The van der Waals surface area contributed by atoms with Crippen LogP contribution >= 0.6 is 22.9 Å². The fourth-order valence-electron chi connectivity index (χ4n) is 3.17. The van der Waals surface area contributed by atoms with Crippen LogP contribution in [0, 0.1) is 20.8 Å². The lowest BCUT2D eigenvalue weighted by molar-refractivity contribution is 0.414. The summed E-state index contributed by atoms with van der Waals surface area (Å²) in [4.78, 5) is 12.1. The Kier molecular flexibility index (Phi) is 7.51. The van der Waals surface area contributed by atoms with Crippen molar-refractivity contribution >= 4 is 34.5 Å². The van der Waals surface area contributed by atoms with Crippen LogP contribution < -0.4 is 9.54 Å². The molecule has 0 aliphatic carbocycles. The van der Waals surface area contributed by atoms with Crippen molar-refractivity contribution in [2.45, 2.75) is 47.1 Å². The number of unbranched alkanes of at least 4 members (excludes halogenated alkanes) is 1. The molecule has 0 spiro atoms. The summed E-state index contributed by atoms with van der Waals surface area (Å²) >= 11 is 8.01. The maximum Gasteiger partial charge on any atom is 0.191 e. The molecule has 0 saturated heterocycles. The Balaban J connectivity index is 2.25. The molecule has 6 heteroatoms. The van der Waals surface area contributed by atoms with E-state index in [9.17, 15) is 0 Å². The van der Waals surface area contributed by atoms with Gasteiger partial charge in [-0.1, -0.05) is 37.1 Å². The van der Waals surface area contributed by atoms with Crippen molar-refractivity contribution in [3.63, 3.8) is 0 Å². The first-order valence-corrected chi connectivity index (χ1v) is 11.3. The van der Waals surface area contributed by atoms with E-state index in [-0.39, 0.29) is 0 Å². The quantitative estimate of drug-likeness (QED) is 0.313. The second kappa shape index (κ2) is 10.1. The molecule has 0 bridgehead atoms. The zero-order valence-electron chi connectivity index (χ0n) is 18.2. The van der Waals surface area contributed by atoms with Crippen LogP contribution in [-0.2, 0) is 6.54 Å². The van der Waals surface area contributed by atoms with E-state index in [0.29, 0.717) is 16.6 Å². The number of methoxy groups -OCH3 is 1. The Morgan fingerprint density at radius 3 is 2.63 bits per heavy atom. The first-order chi connectivity index (χ1) is 14.4. The topological polar surface area (TPSA) is 38.9 Å². The second-order valence-corrected chi connectivity index (χ2v) is 8.88. The smallest absolute Gasteiger partial charge is 0.191 e. The second-order valence-electron chi connectivity index (χ2n) is 7.26. The molecule has 0 amide bonds. The maximum absolute atomic E-state index is 6.32. The Bertz CT molecular complexity index is 1130. The third-order valence-electron chi connectivity index (χ3n) is 4.97. The highest BCUT2D eigenvalue weighted by molar-refractivity contribution is 7.09.